The van der Waals surface area contributed by atoms with Crippen LogP contribution in [0.15, 0.2) is 41.3 Å². The Morgan fingerprint density at radius 3 is 2.90 bits per heavy atom. The summed E-state index contributed by atoms with van der Waals surface area (Å²) in [4.78, 5) is 19.7. The lowest BCUT2D eigenvalue weighted by molar-refractivity contribution is 0.0696. The van der Waals surface area contributed by atoms with Crippen LogP contribution in [-0.2, 0) is 7.05 Å². The number of carboxylic acid groups (broad SMARTS) is 1. The summed E-state index contributed by atoms with van der Waals surface area (Å²) in [5.74, 6) is -0.402. The van der Waals surface area contributed by atoms with Gasteiger partial charge in [-0.1, -0.05) is 0 Å². The van der Waals surface area contributed by atoms with E-state index in [-0.39, 0.29) is 5.56 Å². The van der Waals surface area contributed by atoms with Crippen molar-refractivity contribution in [1.29, 1.82) is 0 Å². The van der Waals surface area contributed by atoms with Crippen molar-refractivity contribution in [2.75, 3.05) is 5.32 Å². The minimum atomic E-state index is -0.991. The molecule has 0 bridgehead atoms. The lowest BCUT2D eigenvalue weighted by atomic mass is 10.2. The summed E-state index contributed by atoms with van der Waals surface area (Å²) in [5, 5.41) is 12.3. The fraction of sp³-hybridized carbons (Fsp3) is 0.0714. The molecule has 1 aromatic carbocycles. The zero-order valence-corrected chi connectivity index (χ0v) is 12.6. The van der Waals surface area contributed by atoms with Crippen LogP contribution in [-0.4, -0.2) is 25.6 Å². The van der Waals surface area contributed by atoms with Crippen molar-refractivity contribution in [1.82, 2.24) is 14.5 Å². The molecule has 0 atom stereocenters. The molecule has 0 saturated carbocycles. The summed E-state index contributed by atoms with van der Waals surface area (Å²) >= 11 is 3.22. The molecule has 0 radical (unpaired) electrons. The number of benzene rings is 1. The standard InChI is InChI=1S/C14H11BrN4O2/c1-19-7-17-12-11(19)4-5-16-13(12)18-8-2-3-10(15)9(6-8)14(20)21/h2-7H,1H3,(H,16,18)(H,20,21). The molecule has 0 saturated heterocycles. The van der Waals surface area contributed by atoms with E-state index in [1.165, 1.54) is 0 Å². The Morgan fingerprint density at radius 1 is 1.33 bits per heavy atom. The number of pyridine rings is 1. The molecule has 0 aliphatic rings. The molecule has 3 aromatic rings. The maximum atomic E-state index is 11.2. The Hall–Kier alpha value is -2.41. The van der Waals surface area contributed by atoms with E-state index in [9.17, 15) is 4.79 Å². The third kappa shape index (κ3) is 2.47. The van der Waals surface area contributed by atoms with Gasteiger partial charge in [0, 0.05) is 23.4 Å². The van der Waals surface area contributed by atoms with E-state index in [0.29, 0.717) is 16.0 Å². The first-order chi connectivity index (χ1) is 10.1. The Labute approximate surface area is 128 Å². The first-order valence-corrected chi connectivity index (χ1v) is 6.91. The van der Waals surface area contributed by atoms with E-state index in [4.69, 9.17) is 5.11 Å². The Morgan fingerprint density at radius 2 is 2.14 bits per heavy atom. The zero-order valence-electron chi connectivity index (χ0n) is 11.0. The minimum absolute atomic E-state index is 0.188. The molecule has 106 valence electrons. The molecule has 0 aliphatic heterocycles. The summed E-state index contributed by atoms with van der Waals surface area (Å²) in [6, 6.07) is 6.89. The highest BCUT2D eigenvalue weighted by molar-refractivity contribution is 9.10. The summed E-state index contributed by atoms with van der Waals surface area (Å²) in [6.07, 6.45) is 3.39. The van der Waals surface area contributed by atoms with Gasteiger partial charge in [-0.2, -0.15) is 0 Å². The van der Waals surface area contributed by atoms with Crippen molar-refractivity contribution in [3.63, 3.8) is 0 Å². The smallest absolute Gasteiger partial charge is 0.336 e. The second-order valence-electron chi connectivity index (χ2n) is 4.51. The number of rotatable bonds is 3. The van der Waals surface area contributed by atoms with Gasteiger partial charge in [-0.25, -0.2) is 14.8 Å². The van der Waals surface area contributed by atoms with Crippen molar-refractivity contribution in [2.45, 2.75) is 0 Å². The fourth-order valence-electron chi connectivity index (χ4n) is 2.06. The van der Waals surface area contributed by atoms with Crippen LogP contribution >= 0.6 is 15.9 Å². The number of carboxylic acids is 1. The topological polar surface area (TPSA) is 80.0 Å². The maximum Gasteiger partial charge on any atom is 0.336 e. The fourth-order valence-corrected chi connectivity index (χ4v) is 2.47. The molecule has 3 rings (SSSR count). The van der Waals surface area contributed by atoms with Crippen LogP contribution in [0.2, 0.25) is 0 Å². The molecule has 2 aromatic heterocycles. The van der Waals surface area contributed by atoms with Crippen LogP contribution < -0.4 is 5.32 Å². The van der Waals surface area contributed by atoms with Gasteiger partial charge in [-0.15, -0.1) is 0 Å². The van der Waals surface area contributed by atoms with E-state index < -0.39 is 5.97 Å². The first-order valence-electron chi connectivity index (χ1n) is 6.12. The predicted octanol–water partition coefficient (Wildman–Crippen LogP) is 3.17. The van der Waals surface area contributed by atoms with Gasteiger partial charge in [0.2, 0.25) is 0 Å². The molecular weight excluding hydrogens is 336 g/mol. The summed E-state index contributed by atoms with van der Waals surface area (Å²) in [6.45, 7) is 0. The molecule has 0 spiro atoms. The number of fused-ring (bicyclic) bond motifs is 1. The van der Waals surface area contributed by atoms with Crippen molar-refractivity contribution in [3.8, 4) is 0 Å². The first kappa shape index (κ1) is 13.6. The SMILES string of the molecule is Cn1cnc2c(Nc3ccc(Br)c(C(=O)O)c3)nccc21. The van der Waals surface area contributed by atoms with Crippen LogP contribution in [0.1, 0.15) is 10.4 Å². The summed E-state index contributed by atoms with van der Waals surface area (Å²) in [7, 11) is 1.90. The maximum absolute atomic E-state index is 11.2. The second kappa shape index (κ2) is 5.17. The van der Waals surface area contributed by atoms with E-state index in [1.54, 1.807) is 30.7 Å². The Bertz CT molecular complexity index is 844. The molecule has 2 heterocycles. The Balaban J connectivity index is 2.03. The van der Waals surface area contributed by atoms with E-state index in [1.807, 2.05) is 17.7 Å². The summed E-state index contributed by atoms with van der Waals surface area (Å²) < 4.78 is 2.43. The number of halogens is 1. The lowest BCUT2D eigenvalue weighted by Gasteiger charge is -2.08. The molecule has 2 N–H and O–H groups in total. The number of aromatic carboxylic acids is 1. The van der Waals surface area contributed by atoms with Crippen LogP contribution in [0.3, 0.4) is 0 Å². The van der Waals surface area contributed by atoms with Gasteiger partial charge in [0.05, 0.1) is 17.4 Å². The van der Waals surface area contributed by atoms with Crippen LogP contribution in [0.25, 0.3) is 11.0 Å². The number of aryl methyl sites for hydroxylation is 1. The molecular formula is C14H11BrN4O2. The highest BCUT2D eigenvalue weighted by Gasteiger charge is 2.11. The second-order valence-corrected chi connectivity index (χ2v) is 5.36. The molecule has 7 heteroatoms. The molecule has 21 heavy (non-hydrogen) atoms. The number of hydrogen-bond donors (Lipinski definition) is 2. The van der Waals surface area contributed by atoms with Crippen LogP contribution in [0, 0.1) is 0 Å². The number of imidazole rings is 1. The summed E-state index contributed by atoms with van der Waals surface area (Å²) in [5.41, 5.74) is 2.51. The molecule has 0 fully saturated rings. The van der Waals surface area contributed by atoms with Crippen molar-refractivity contribution in [2.24, 2.45) is 7.05 Å². The quantitative estimate of drug-likeness (QED) is 0.761. The monoisotopic (exact) mass is 346 g/mol. The number of carbonyl (C=O) groups is 1. The number of nitrogens with zero attached hydrogens (tertiary/aromatic N) is 3. The third-order valence-corrected chi connectivity index (χ3v) is 3.79. The van der Waals surface area contributed by atoms with E-state index >= 15 is 0 Å². The van der Waals surface area contributed by atoms with Crippen molar-refractivity contribution >= 4 is 44.4 Å². The van der Waals surface area contributed by atoms with Gasteiger partial charge >= 0.3 is 5.97 Å². The zero-order chi connectivity index (χ0) is 15.0. The normalized spacial score (nSPS) is 10.8. The average molecular weight is 347 g/mol. The minimum Gasteiger partial charge on any atom is -0.478 e. The molecule has 0 aliphatic carbocycles. The number of anilines is 2. The van der Waals surface area contributed by atoms with E-state index in [0.717, 1.165) is 11.0 Å². The van der Waals surface area contributed by atoms with Crippen LogP contribution in [0.5, 0.6) is 0 Å². The highest BCUT2D eigenvalue weighted by atomic mass is 79.9. The average Bonchev–Trinajstić information content (AvgIpc) is 2.84. The predicted molar refractivity (Wildman–Crippen MR) is 82.9 cm³/mol. The third-order valence-electron chi connectivity index (χ3n) is 3.10. The lowest BCUT2D eigenvalue weighted by Crippen LogP contribution is -2.00. The Kier molecular flexibility index (Phi) is 3.34. The number of aromatic nitrogens is 3. The highest BCUT2D eigenvalue weighted by Crippen LogP contribution is 2.26. The molecule has 6 nitrogen and oxygen atoms in total. The molecule has 0 amide bonds. The van der Waals surface area contributed by atoms with Gasteiger partial charge in [-0.3, -0.25) is 0 Å². The number of nitrogens with one attached hydrogen (secondary N) is 1. The van der Waals surface area contributed by atoms with E-state index in [2.05, 4.69) is 31.2 Å². The number of hydrogen-bond acceptors (Lipinski definition) is 4. The van der Waals surface area contributed by atoms with Gasteiger partial charge in [0.25, 0.3) is 0 Å². The van der Waals surface area contributed by atoms with Crippen molar-refractivity contribution < 1.29 is 9.90 Å². The van der Waals surface area contributed by atoms with Gasteiger partial charge < -0.3 is 15.0 Å². The van der Waals surface area contributed by atoms with Crippen molar-refractivity contribution in [3.05, 3.63) is 46.8 Å². The van der Waals surface area contributed by atoms with Gasteiger partial charge in [0.1, 0.15) is 5.52 Å². The van der Waals surface area contributed by atoms with Gasteiger partial charge in [0.15, 0.2) is 5.82 Å². The van der Waals surface area contributed by atoms with Crippen LogP contribution in [0.4, 0.5) is 11.5 Å². The van der Waals surface area contributed by atoms with Gasteiger partial charge in [-0.05, 0) is 40.2 Å². The largest absolute Gasteiger partial charge is 0.478 e. The molecule has 0 unspecified atom stereocenters.